The maximum atomic E-state index is 12.4. The maximum Gasteiger partial charge on any atom is 0.410 e. The number of unbranched alkanes of at least 4 members (excludes halogenated alkanes) is 1. The van der Waals surface area contributed by atoms with Crippen molar-refractivity contribution < 1.29 is 24.1 Å². The molecule has 0 saturated carbocycles. The summed E-state index contributed by atoms with van der Waals surface area (Å²) in [5, 5.41) is 21.5. The fourth-order valence-corrected chi connectivity index (χ4v) is 5.38. The zero-order chi connectivity index (χ0) is 31.1. The van der Waals surface area contributed by atoms with Crippen molar-refractivity contribution in [3.63, 3.8) is 0 Å². The Morgan fingerprint density at radius 2 is 1.90 bits per heavy atom. The Morgan fingerprint density at radius 3 is 2.50 bits per heavy atom. The van der Waals surface area contributed by atoms with Crippen LogP contribution in [0.15, 0.2) is 6.08 Å². The van der Waals surface area contributed by atoms with Crippen molar-refractivity contribution in [3.05, 3.63) is 17.3 Å². The SMILES string of the molecule is CCCCOc1nc(N)c2c(n1)c(/C=C/CC1(O)CCN(C(=O)OC(C)(C)C)CC1)c(C#N)n2COCC[Si](C)(C)C. The van der Waals surface area contributed by atoms with Gasteiger partial charge in [-0.2, -0.15) is 15.2 Å². The molecule has 0 unspecified atom stereocenters. The monoisotopic (exact) mass is 600 g/mol. The number of nitriles is 1. The molecule has 3 rings (SSSR count). The van der Waals surface area contributed by atoms with Crippen LogP contribution >= 0.6 is 0 Å². The van der Waals surface area contributed by atoms with E-state index in [-0.39, 0.29) is 24.7 Å². The summed E-state index contributed by atoms with van der Waals surface area (Å²) in [6.07, 6.45) is 6.29. The standard InChI is InChI=1S/C30H48N6O5Si/c1-8-9-17-40-27-33-24-22(11-10-12-30(38)13-15-35(16-14-30)28(37)41-29(2,3)4)23(20-31)36(25(24)26(32)34-27)21-39-18-19-42(5,6)7/h10-11,38H,8-9,12-19,21H2,1-7H3,(H2,32,33,34)/b11-10+. The lowest BCUT2D eigenvalue weighted by atomic mass is 9.88. The Labute approximate surface area is 250 Å². The molecule has 0 aliphatic carbocycles. The number of fused-ring (bicyclic) bond motifs is 1. The van der Waals surface area contributed by atoms with Crippen molar-refractivity contribution in [2.24, 2.45) is 0 Å². The van der Waals surface area contributed by atoms with Gasteiger partial charge in [-0.25, -0.2) is 4.79 Å². The number of nitrogens with zero attached hydrogens (tertiary/aromatic N) is 5. The van der Waals surface area contributed by atoms with E-state index in [9.17, 15) is 15.2 Å². The van der Waals surface area contributed by atoms with Gasteiger partial charge >= 0.3 is 12.1 Å². The Kier molecular flexibility index (Phi) is 11.0. The molecule has 3 heterocycles. The average molecular weight is 601 g/mol. The Balaban J connectivity index is 1.85. The molecule has 3 N–H and O–H groups in total. The third kappa shape index (κ3) is 9.18. The van der Waals surface area contributed by atoms with Crippen molar-refractivity contribution in [3.8, 4) is 12.1 Å². The van der Waals surface area contributed by atoms with Crippen molar-refractivity contribution in [1.29, 1.82) is 5.26 Å². The molecule has 1 aliphatic rings. The van der Waals surface area contributed by atoms with Crippen LogP contribution in [0.2, 0.25) is 25.7 Å². The highest BCUT2D eigenvalue weighted by Crippen LogP contribution is 2.32. The Hall–Kier alpha value is -3.14. The van der Waals surface area contributed by atoms with Gasteiger partial charge in [0.15, 0.2) is 5.82 Å². The molecule has 11 nitrogen and oxygen atoms in total. The number of carbonyl (C=O) groups is 1. The van der Waals surface area contributed by atoms with E-state index in [0.29, 0.717) is 67.9 Å². The summed E-state index contributed by atoms with van der Waals surface area (Å²) in [4.78, 5) is 23.1. The first-order valence-electron chi connectivity index (χ1n) is 14.8. The number of aliphatic hydroxyl groups is 1. The third-order valence-corrected chi connectivity index (χ3v) is 8.82. The molecule has 12 heteroatoms. The summed E-state index contributed by atoms with van der Waals surface area (Å²) in [5.41, 5.74) is 6.79. The number of amides is 1. The summed E-state index contributed by atoms with van der Waals surface area (Å²) in [7, 11) is -1.29. The molecule has 232 valence electrons. The predicted octanol–water partition coefficient (Wildman–Crippen LogP) is 5.54. The molecule has 0 radical (unpaired) electrons. The van der Waals surface area contributed by atoms with E-state index in [4.69, 9.17) is 19.9 Å². The highest BCUT2D eigenvalue weighted by molar-refractivity contribution is 6.76. The third-order valence-electron chi connectivity index (χ3n) is 7.12. The highest BCUT2D eigenvalue weighted by Gasteiger charge is 2.34. The lowest BCUT2D eigenvalue weighted by molar-refractivity contribution is -0.0300. The topological polar surface area (TPSA) is 149 Å². The molecular formula is C30H48N6O5Si. The summed E-state index contributed by atoms with van der Waals surface area (Å²) in [5.74, 6) is 0.213. The van der Waals surface area contributed by atoms with Crippen LogP contribution in [0.1, 0.15) is 71.1 Å². The van der Waals surface area contributed by atoms with Crippen molar-refractivity contribution in [1.82, 2.24) is 19.4 Å². The van der Waals surface area contributed by atoms with Crippen LogP contribution < -0.4 is 10.5 Å². The molecule has 0 atom stereocenters. The van der Waals surface area contributed by atoms with E-state index in [2.05, 4.69) is 42.6 Å². The van der Waals surface area contributed by atoms with Crippen LogP contribution in [0.5, 0.6) is 6.01 Å². The van der Waals surface area contributed by atoms with Gasteiger partial charge in [-0.1, -0.05) is 45.1 Å². The van der Waals surface area contributed by atoms with E-state index in [1.807, 2.05) is 26.8 Å². The van der Waals surface area contributed by atoms with Crippen LogP contribution in [0, 0.1) is 11.3 Å². The Bertz CT molecular complexity index is 1300. The highest BCUT2D eigenvalue weighted by atomic mass is 28.3. The molecule has 42 heavy (non-hydrogen) atoms. The minimum absolute atomic E-state index is 0.145. The van der Waals surface area contributed by atoms with Gasteiger partial charge in [0, 0.05) is 33.3 Å². The number of anilines is 1. The van der Waals surface area contributed by atoms with Gasteiger partial charge in [0.2, 0.25) is 0 Å². The summed E-state index contributed by atoms with van der Waals surface area (Å²) < 4.78 is 18.9. The smallest absolute Gasteiger partial charge is 0.410 e. The molecule has 1 fully saturated rings. The number of nitrogens with two attached hydrogens (primary N) is 1. The molecule has 0 bridgehead atoms. The lowest BCUT2D eigenvalue weighted by Crippen LogP contribution is -2.47. The average Bonchev–Trinajstić information content (AvgIpc) is 3.18. The first-order valence-corrected chi connectivity index (χ1v) is 18.5. The number of hydrogen-bond donors (Lipinski definition) is 2. The minimum atomic E-state index is -1.29. The van der Waals surface area contributed by atoms with Crippen molar-refractivity contribution >= 4 is 37.1 Å². The van der Waals surface area contributed by atoms with Crippen LogP contribution in [-0.2, 0) is 16.2 Å². The predicted molar refractivity (Wildman–Crippen MR) is 167 cm³/mol. The largest absolute Gasteiger partial charge is 0.463 e. The minimum Gasteiger partial charge on any atom is -0.463 e. The first kappa shape index (κ1) is 33.4. The second-order valence-corrected chi connectivity index (χ2v) is 18.9. The number of piperidine rings is 1. The van der Waals surface area contributed by atoms with Gasteiger partial charge in [-0.15, -0.1) is 0 Å². The van der Waals surface area contributed by atoms with E-state index in [1.54, 1.807) is 15.5 Å². The second-order valence-electron chi connectivity index (χ2n) is 13.2. The molecule has 2 aromatic heterocycles. The van der Waals surface area contributed by atoms with Gasteiger partial charge in [0.1, 0.15) is 35.1 Å². The van der Waals surface area contributed by atoms with Crippen molar-refractivity contribution in [2.75, 3.05) is 32.0 Å². The van der Waals surface area contributed by atoms with E-state index in [0.717, 1.165) is 18.9 Å². The van der Waals surface area contributed by atoms with Gasteiger partial charge < -0.3 is 34.5 Å². The van der Waals surface area contributed by atoms with Crippen molar-refractivity contribution in [2.45, 2.75) is 103 Å². The lowest BCUT2D eigenvalue weighted by Gasteiger charge is -2.38. The molecule has 2 aromatic rings. The zero-order valence-corrected chi connectivity index (χ0v) is 27.3. The molecular weight excluding hydrogens is 552 g/mol. The summed E-state index contributed by atoms with van der Waals surface area (Å²) in [6.45, 7) is 16.4. The van der Waals surface area contributed by atoms with Crippen LogP contribution in [-0.4, -0.2) is 76.2 Å². The first-order chi connectivity index (χ1) is 19.7. The normalized spacial score (nSPS) is 15.7. The molecule has 0 spiro atoms. The van der Waals surface area contributed by atoms with E-state index >= 15 is 0 Å². The number of ether oxygens (including phenoxy) is 3. The fourth-order valence-electron chi connectivity index (χ4n) is 4.62. The quantitative estimate of drug-likeness (QED) is 0.236. The number of likely N-dealkylation sites (tertiary alicyclic amines) is 1. The van der Waals surface area contributed by atoms with E-state index in [1.165, 1.54) is 0 Å². The van der Waals surface area contributed by atoms with Crippen LogP contribution in [0.4, 0.5) is 10.6 Å². The molecule has 0 aromatic carbocycles. The number of carbonyl (C=O) groups excluding carboxylic acids is 1. The molecule has 1 amide bonds. The second kappa shape index (κ2) is 13.9. The van der Waals surface area contributed by atoms with Gasteiger partial charge in [0.05, 0.1) is 12.2 Å². The number of nitrogen functional groups attached to an aromatic ring is 1. The molecule has 1 aliphatic heterocycles. The van der Waals surface area contributed by atoms with E-state index < -0.39 is 19.3 Å². The Morgan fingerprint density at radius 1 is 1.21 bits per heavy atom. The van der Waals surface area contributed by atoms with Gasteiger partial charge in [-0.3, -0.25) is 0 Å². The number of aromatic nitrogens is 3. The number of hydrogen-bond acceptors (Lipinski definition) is 9. The maximum absolute atomic E-state index is 12.4. The summed E-state index contributed by atoms with van der Waals surface area (Å²) >= 11 is 0. The van der Waals surface area contributed by atoms with Gasteiger partial charge in [0.25, 0.3) is 0 Å². The fraction of sp³-hybridized carbons (Fsp3) is 0.667. The van der Waals surface area contributed by atoms with Crippen LogP contribution in [0.3, 0.4) is 0 Å². The van der Waals surface area contributed by atoms with Gasteiger partial charge in [-0.05, 0) is 52.5 Å². The summed E-state index contributed by atoms with van der Waals surface area (Å²) in [6, 6.07) is 3.46. The molecule has 1 saturated heterocycles. The van der Waals surface area contributed by atoms with Crippen LogP contribution in [0.25, 0.3) is 17.1 Å². The zero-order valence-electron chi connectivity index (χ0n) is 26.3. The number of rotatable bonds is 12.